The summed E-state index contributed by atoms with van der Waals surface area (Å²) in [6.45, 7) is 7.79. The molecule has 2 aliphatic rings. The van der Waals surface area contributed by atoms with E-state index in [4.69, 9.17) is 4.74 Å². The van der Waals surface area contributed by atoms with Gasteiger partial charge in [-0.3, -0.25) is 4.90 Å². The van der Waals surface area contributed by atoms with E-state index in [2.05, 4.69) is 23.2 Å². The van der Waals surface area contributed by atoms with Crippen LogP contribution in [0, 0.1) is 5.92 Å². The SMILES string of the molecule is CCCNCC1CCC1N1CC=C(COC)CC1. The number of hydrogen-bond donors (Lipinski definition) is 1. The lowest BCUT2D eigenvalue weighted by atomic mass is 9.78. The van der Waals surface area contributed by atoms with Crippen molar-refractivity contribution in [2.24, 2.45) is 5.92 Å². The molecule has 1 fully saturated rings. The average Bonchev–Trinajstić information content (AvgIpc) is 2.36. The molecule has 0 saturated heterocycles. The van der Waals surface area contributed by atoms with Crippen molar-refractivity contribution in [3.05, 3.63) is 11.6 Å². The summed E-state index contributed by atoms with van der Waals surface area (Å²) in [4.78, 5) is 2.67. The average molecular weight is 252 g/mol. The third-order valence-electron chi connectivity index (χ3n) is 4.34. The number of nitrogens with zero attached hydrogens (tertiary/aromatic N) is 1. The first-order chi connectivity index (χ1) is 8.85. The molecule has 0 aromatic heterocycles. The van der Waals surface area contributed by atoms with Crippen molar-refractivity contribution >= 4 is 0 Å². The summed E-state index contributed by atoms with van der Waals surface area (Å²) >= 11 is 0. The van der Waals surface area contributed by atoms with Crippen molar-refractivity contribution in [3.63, 3.8) is 0 Å². The lowest BCUT2D eigenvalue weighted by Gasteiger charge is -2.45. The van der Waals surface area contributed by atoms with Gasteiger partial charge >= 0.3 is 0 Å². The summed E-state index contributed by atoms with van der Waals surface area (Å²) in [5.74, 6) is 0.883. The zero-order valence-electron chi connectivity index (χ0n) is 12.0. The van der Waals surface area contributed by atoms with Crippen LogP contribution < -0.4 is 5.32 Å². The summed E-state index contributed by atoms with van der Waals surface area (Å²) < 4.78 is 5.21. The van der Waals surface area contributed by atoms with E-state index in [1.54, 1.807) is 7.11 Å². The molecule has 0 aromatic carbocycles. The van der Waals surface area contributed by atoms with Crippen LogP contribution in [-0.2, 0) is 4.74 Å². The highest BCUT2D eigenvalue weighted by molar-refractivity contribution is 5.09. The Hall–Kier alpha value is -0.380. The molecule has 1 heterocycles. The fourth-order valence-electron chi connectivity index (χ4n) is 3.08. The largest absolute Gasteiger partial charge is 0.380 e. The molecular weight excluding hydrogens is 224 g/mol. The monoisotopic (exact) mass is 252 g/mol. The first-order valence-electron chi connectivity index (χ1n) is 7.46. The lowest BCUT2D eigenvalue weighted by Crippen LogP contribution is -2.51. The topological polar surface area (TPSA) is 24.5 Å². The van der Waals surface area contributed by atoms with E-state index in [9.17, 15) is 0 Å². The molecule has 104 valence electrons. The van der Waals surface area contributed by atoms with Crippen LogP contribution in [-0.4, -0.2) is 50.8 Å². The fraction of sp³-hybridized carbons (Fsp3) is 0.867. The van der Waals surface area contributed by atoms with E-state index in [0.717, 1.165) is 25.1 Å². The van der Waals surface area contributed by atoms with Gasteiger partial charge in [0.1, 0.15) is 0 Å². The molecule has 2 rings (SSSR count). The van der Waals surface area contributed by atoms with Gasteiger partial charge in [0.2, 0.25) is 0 Å². The lowest BCUT2D eigenvalue weighted by molar-refractivity contribution is 0.0667. The maximum Gasteiger partial charge on any atom is 0.0673 e. The Kier molecular flexibility index (Phi) is 5.67. The summed E-state index contributed by atoms with van der Waals surface area (Å²) in [5, 5.41) is 3.57. The number of hydrogen-bond acceptors (Lipinski definition) is 3. The molecule has 2 unspecified atom stereocenters. The predicted octanol–water partition coefficient (Wildman–Crippen LogP) is 2.04. The molecule has 3 heteroatoms. The van der Waals surface area contributed by atoms with Crippen molar-refractivity contribution in [1.29, 1.82) is 0 Å². The van der Waals surface area contributed by atoms with Crippen LogP contribution in [0.2, 0.25) is 0 Å². The summed E-state index contributed by atoms with van der Waals surface area (Å²) in [6, 6.07) is 0.828. The molecule has 1 saturated carbocycles. The Labute approximate surface area is 112 Å². The summed E-state index contributed by atoms with van der Waals surface area (Å²) in [5.41, 5.74) is 1.48. The molecule has 0 amide bonds. The first kappa shape index (κ1) is 14.0. The molecule has 18 heavy (non-hydrogen) atoms. The molecule has 1 N–H and O–H groups in total. The maximum atomic E-state index is 5.21. The summed E-state index contributed by atoms with van der Waals surface area (Å²) in [7, 11) is 1.79. The fourth-order valence-corrected chi connectivity index (χ4v) is 3.08. The summed E-state index contributed by atoms with van der Waals surface area (Å²) in [6.07, 6.45) is 7.62. The Morgan fingerprint density at radius 2 is 2.33 bits per heavy atom. The zero-order valence-corrected chi connectivity index (χ0v) is 12.0. The van der Waals surface area contributed by atoms with E-state index < -0.39 is 0 Å². The highest BCUT2D eigenvalue weighted by Crippen LogP contribution is 2.33. The maximum absolute atomic E-state index is 5.21. The van der Waals surface area contributed by atoms with Crippen molar-refractivity contribution < 1.29 is 4.74 Å². The van der Waals surface area contributed by atoms with Gasteiger partial charge in [-0.25, -0.2) is 0 Å². The predicted molar refractivity (Wildman–Crippen MR) is 75.8 cm³/mol. The van der Waals surface area contributed by atoms with E-state index in [1.807, 2.05) is 0 Å². The Morgan fingerprint density at radius 3 is 2.89 bits per heavy atom. The third kappa shape index (κ3) is 3.56. The number of methoxy groups -OCH3 is 1. The van der Waals surface area contributed by atoms with Crippen LogP contribution in [0.15, 0.2) is 11.6 Å². The molecule has 3 nitrogen and oxygen atoms in total. The van der Waals surface area contributed by atoms with Crippen LogP contribution >= 0.6 is 0 Å². The van der Waals surface area contributed by atoms with Crippen molar-refractivity contribution in [2.75, 3.05) is 39.9 Å². The smallest absolute Gasteiger partial charge is 0.0673 e. The van der Waals surface area contributed by atoms with Gasteiger partial charge in [-0.1, -0.05) is 13.0 Å². The van der Waals surface area contributed by atoms with E-state index in [-0.39, 0.29) is 0 Å². The van der Waals surface area contributed by atoms with Crippen LogP contribution in [0.4, 0.5) is 0 Å². The Balaban J connectivity index is 1.72. The molecule has 0 radical (unpaired) electrons. The second-order valence-electron chi connectivity index (χ2n) is 5.65. The Bertz CT molecular complexity index is 278. The molecule has 1 aliphatic carbocycles. The second kappa shape index (κ2) is 7.27. The van der Waals surface area contributed by atoms with E-state index in [0.29, 0.717) is 0 Å². The van der Waals surface area contributed by atoms with Gasteiger partial charge in [0.25, 0.3) is 0 Å². The van der Waals surface area contributed by atoms with E-state index >= 15 is 0 Å². The zero-order chi connectivity index (χ0) is 12.8. The quantitative estimate of drug-likeness (QED) is 0.554. The van der Waals surface area contributed by atoms with Crippen molar-refractivity contribution in [2.45, 2.75) is 38.6 Å². The third-order valence-corrected chi connectivity index (χ3v) is 4.34. The molecule has 0 spiro atoms. The van der Waals surface area contributed by atoms with E-state index in [1.165, 1.54) is 50.9 Å². The molecule has 1 aliphatic heterocycles. The molecular formula is C15H28N2O. The number of nitrogens with one attached hydrogen (secondary N) is 1. The minimum atomic E-state index is 0.819. The van der Waals surface area contributed by atoms with Gasteiger partial charge in [0.15, 0.2) is 0 Å². The van der Waals surface area contributed by atoms with Crippen LogP contribution in [0.3, 0.4) is 0 Å². The van der Waals surface area contributed by atoms with Crippen LogP contribution in [0.1, 0.15) is 32.6 Å². The minimum Gasteiger partial charge on any atom is -0.380 e. The number of rotatable bonds is 7. The molecule has 0 aromatic rings. The second-order valence-corrected chi connectivity index (χ2v) is 5.65. The van der Waals surface area contributed by atoms with Crippen molar-refractivity contribution in [3.8, 4) is 0 Å². The van der Waals surface area contributed by atoms with Gasteiger partial charge in [0.05, 0.1) is 6.61 Å². The van der Waals surface area contributed by atoms with Crippen LogP contribution in [0.5, 0.6) is 0 Å². The molecule has 2 atom stereocenters. The van der Waals surface area contributed by atoms with Gasteiger partial charge in [-0.15, -0.1) is 0 Å². The first-order valence-corrected chi connectivity index (χ1v) is 7.46. The van der Waals surface area contributed by atoms with Crippen molar-refractivity contribution in [1.82, 2.24) is 10.2 Å². The van der Waals surface area contributed by atoms with Gasteiger partial charge in [0, 0.05) is 26.2 Å². The standard InChI is InChI=1S/C15H28N2O/c1-3-8-16-11-14-4-5-15(14)17-9-6-13(7-10-17)12-18-2/h6,14-16H,3-5,7-12H2,1-2H3. The normalized spacial score (nSPS) is 28.9. The minimum absolute atomic E-state index is 0.819. The van der Waals surface area contributed by atoms with Gasteiger partial charge < -0.3 is 10.1 Å². The highest BCUT2D eigenvalue weighted by atomic mass is 16.5. The highest BCUT2D eigenvalue weighted by Gasteiger charge is 2.35. The van der Waals surface area contributed by atoms with Crippen LogP contribution in [0.25, 0.3) is 0 Å². The van der Waals surface area contributed by atoms with Gasteiger partial charge in [-0.05, 0) is 50.3 Å². The van der Waals surface area contributed by atoms with Gasteiger partial charge in [-0.2, -0.15) is 0 Å². The number of ether oxygens (including phenoxy) is 1. The Morgan fingerprint density at radius 1 is 1.44 bits per heavy atom. The molecule has 0 bridgehead atoms.